The highest BCUT2D eigenvalue weighted by Crippen LogP contribution is 2.32. The first-order chi connectivity index (χ1) is 12.2. The number of benzene rings is 1. The second-order valence-corrected chi connectivity index (χ2v) is 6.87. The fourth-order valence-corrected chi connectivity index (χ4v) is 3.68. The number of aromatic nitrogens is 4. The zero-order valence-electron chi connectivity index (χ0n) is 14.7. The summed E-state index contributed by atoms with van der Waals surface area (Å²) >= 11 is 0. The van der Waals surface area contributed by atoms with Gasteiger partial charge >= 0.3 is 0 Å². The first kappa shape index (κ1) is 15.9. The largest absolute Gasteiger partial charge is 0.358 e. The second-order valence-electron chi connectivity index (χ2n) is 6.87. The minimum Gasteiger partial charge on any atom is -0.358 e. The lowest BCUT2D eigenvalue weighted by Gasteiger charge is -2.18. The summed E-state index contributed by atoms with van der Waals surface area (Å²) in [6.45, 7) is 5.42. The van der Waals surface area contributed by atoms with E-state index in [-0.39, 0.29) is 5.91 Å². The maximum atomic E-state index is 12.6. The van der Waals surface area contributed by atoms with E-state index < -0.39 is 0 Å². The van der Waals surface area contributed by atoms with Crippen molar-refractivity contribution >= 4 is 16.8 Å². The van der Waals surface area contributed by atoms with Crippen LogP contribution in [0.15, 0.2) is 24.5 Å². The zero-order valence-corrected chi connectivity index (χ0v) is 14.7. The van der Waals surface area contributed by atoms with Crippen molar-refractivity contribution < 1.29 is 4.79 Å². The van der Waals surface area contributed by atoms with Crippen molar-refractivity contribution in [1.82, 2.24) is 25.1 Å². The fourth-order valence-electron chi connectivity index (χ4n) is 3.68. The topological polar surface area (TPSA) is 75.6 Å². The lowest BCUT2D eigenvalue weighted by molar-refractivity contribution is 0.0949. The third kappa shape index (κ3) is 2.92. The quantitative estimate of drug-likeness (QED) is 0.769. The van der Waals surface area contributed by atoms with Crippen molar-refractivity contribution in [2.45, 2.75) is 46.2 Å². The lowest BCUT2D eigenvalue weighted by atomic mass is 9.87. The number of aromatic amines is 1. The molecule has 2 heterocycles. The van der Waals surface area contributed by atoms with Crippen LogP contribution in [0.5, 0.6) is 0 Å². The number of carbonyl (C=O) groups is 1. The molecule has 1 atom stereocenters. The van der Waals surface area contributed by atoms with Crippen LogP contribution in [0, 0.1) is 5.92 Å². The van der Waals surface area contributed by atoms with Gasteiger partial charge in [-0.15, -0.1) is 0 Å². The number of hydrogen-bond donors (Lipinski definition) is 2. The molecule has 1 aliphatic carbocycles. The molecule has 6 nitrogen and oxygen atoms in total. The van der Waals surface area contributed by atoms with Crippen molar-refractivity contribution in [3.63, 3.8) is 0 Å². The summed E-state index contributed by atoms with van der Waals surface area (Å²) in [5, 5.41) is 8.26. The maximum Gasteiger partial charge on any atom is 0.251 e. The summed E-state index contributed by atoms with van der Waals surface area (Å²) in [5.74, 6) is 1.39. The number of nitrogens with one attached hydrogen (secondary N) is 2. The van der Waals surface area contributed by atoms with Gasteiger partial charge in [-0.2, -0.15) is 5.10 Å². The maximum absolute atomic E-state index is 12.6. The number of fused-ring (bicyclic) bond motifs is 3. The van der Waals surface area contributed by atoms with E-state index in [4.69, 9.17) is 0 Å². The average Bonchev–Trinajstić information content (AvgIpc) is 3.22. The summed E-state index contributed by atoms with van der Waals surface area (Å²) in [6, 6.07) is 5.91. The summed E-state index contributed by atoms with van der Waals surface area (Å²) in [5.41, 5.74) is 4.53. The minimum absolute atomic E-state index is 0.0774. The van der Waals surface area contributed by atoms with E-state index in [0.29, 0.717) is 18.0 Å². The van der Waals surface area contributed by atoms with E-state index in [0.717, 1.165) is 30.7 Å². The van der Waals surface area contributed by atoms with Crippen LogP contribution in [-0.4, -0.2) is 25.7 Å². The van der Waals surface area contributed by atoms with Gasteiger partial charge in [-0.25, -0.2) is 9.67 Å². The molecule has 130 valence electrons. The lowest BCUT2D eigenvalue weighted by Crippen LogP contribution is -2.24. The van der Waals surface area contributed by atoms with Crippen LogP contribution in [-0.2, 0) is 25.9 Å². The van der Waals surface area contributed by atoms with Crippen molar-refractivity contribution in [1.29, 1.82) is 0 Å². The number of H-pyrrole nitrogens is 1. The highest BCUT2D eigenvalue weighted by Gasteiger charge is 2.20. The Kier molecular flexibility index (Phi) is 4.03. The zero-order chi connectivity index (χ0) is 17.4. The van der Waals surface area contributed by atoms with Crippen LogP contribution in [0.3, 0.4) is 0 Å². The van der Waals surface area contributed by atoms with Crippen molar-refractivity contribution in [2.24, 2.45) is 5.92 Å². The van der Waals surface area contributed by atoms with Gasteiger partial charge in [0, 0.05) is 28.7 Å². The van der Waals surface area contributed by atoms with Crippen LogP contribution in [0.25, 0.3) is 10.9 Å². The molecule has 0 spiro atoms. The minimum atomic E-state index is -0.0774. The molecule has 1 aliphatic rings. The molecule has 0 bridgehead atoms. The molecule has 2 aromatic heterocycles. The monoisotopic (exact) mass is 337 g/mol. The van der Waals surface area contributed by atoms with Gasteiger partial charge in [-0.1, -0.05) is 6.92 Å². The molecule has 3 aromatic rings. The molecule has 0 aliphatic heterocycles. The summed E-state index contributed by atoms with van der Waals surface area (Å²) in [4.78, 5) is 20.3. The van der Waals surface area contributed by atoms with E-state index in [9.17, 15) is 4.79 Å². The van der Waals surface area contributed by atoms with Crippen molar-refractivity contribution in [2.75, 3.05) is 0 Å². The third-order valence-corrected chi connectivity index (χ3v) is 5.10. The van der Waals surface area contributed by atoms with Gasteiger partial charge in [0.25, 0.3) is 5.91 Å². The van der Waals surface area contributed by atoms with Crippen molar-refractivity contribution in [3.05, 3.63) is 47.2 Å². The van der Waals surface area contributed by atoms with Crippen LogP contribution >= 0.6 is 0 Å². The number of hydrogen-bond acceptors (Lipinski definition) is 3. The normalized spacial score (nSPS) is 16.8. The Bertz CT molecular complexity index is 923. The van der Waals surface area contributed by atoms with E-state index in [1.54, 1.807) is 4.68 Å². The van der Waals surface area contributed by atoms with Crippen LogP contribution in [0.1, 0.15) is 47.7 Å². The van der Waals surface area contributed by atoms with Crippen LogP contribution in [0.2, 0.25) is 0 Å². The molecule has 25 heavy (non-hydrogen) atoms. The standard InChI is InChI=1S/C19H23N5O/c1-3-24-18(21-11-22-24)10-20-19(25)13-5-7-17-15(9-13)14-8-12(2)4-6-16(14)23-17/h5,7,9,11-12,23H,3-4,6,8,10H2,1-2H3,(H,20,25). The number of amides is 1. The molecule has 0 radical (unpaired) electrons. The molecule has 1 unspecified atom stereocenters. The Morgan fingerprint density at radius 1 is 1.44 bits per heavy atom. The Balaban J connectivity index is 1.56. The summed E-state index contributed by atoms with van der Waals surface area (Å²) in [6.07, 6.45) is 4.93. The molecule has 4 rings (SSSR count). The molecule has 2 N–H and O–H groups in total. The van der Waals surface area contributed by atoms with Gasteiger partial charge in [0.05, 0.1) is 6.54 Å². The van der Waals surface area contributed by atoms with Gasteiger partial charge in [0.1, 0.15) is 12.2 Å². The van der Waals surface area contributed by atoms with Crippen molar-refractivity contribution in [3.8, 4) is 0 Å². The Morgan fingerprint density at radius 2 is 2.32 bits per heavy atom. The van der Waals surface area contributed by atoms with E-state index in [1.165, 1.54) is 29.4 Å². The van der Waals surface area contributed by atoms with Gasteiger partial charge in [-0.05, 0) is 55.9 Å². The predicted molar refractivity (Wildman–Crippen MR) is 96.4 cm³/mol. The van der Waals surface area contributed by atoms with Gasteiger partial charge in [0.2, 0.25) is 0 Å². The van der Waals surface area contributed by atoms with Gasteiger partial charge in [0.15, 0.2) is 0 Å². The smallest absolute Gasteiger partial charge is 0.251 e. The number of nitrogens with zero attached hydrogens (tertiary/aromatic N) is 3. The molecule has 0 saturated carbocycles. The third-order valence-electron chi connectivity index (χ3n) is 5.10. The van der Waals surface area contributed by atoms with E-state index in [1.807, 2.05) is 25.1 Å². The predicted octanol–water partition coefficient (Wildman–Crippen LogP) is 2.83. The molecule has 6 heteroatoms. The second kappa shape index (κ2) is 6.35. The summed E-state index contributed by atoms with van der Waals surface area (Å²) in [7, 11) is 0. The first-order valence-corrected chi connectivity index (χ1v) is 8.94. The Labute approximate surface area is 146 Å². The number of aryl methyl sites for hydroxylation is 2. The van der Waals surface area contributed by atoms with Gasteiger partial charge < -0.3 is 10.3 Å². The Morgan fingerprint density at radius 3 is 3.16 bits per heavy atom. The summed E-state index contributed by atoms with van der Waals surface area (Å²) < 4.78 is 1.79. The highest BCUT2D eigenvalue weighted by atomic mass is 16.1. The highest BCUT2D eigenvalue weighted by molar-refractivity contribution is 5.99. The molecule has 0 fully saturated rings. The Hall–Kier alpha value is -2.63. The number of carbonyl (C=O) groups excluding carboxylic acids is 1. The molecular weight excluding hydrogens is 314 g/mol. The van der Waals surface area contributed by atoms with E-state index >= 15 is 0 Å². The molecular formula is C19H23N5O. The molecule has 1 amide bonds. The average molecular weight is 337 g/mol. The fraction of sp³-hybridized carbons (Fsp3) is 0.421. The van der Waals surface area contributed by atoms with E-state index in [2.05, 4.69) is 27.3 Å². The van der Waals surface area contributed by atoms with Crippen LogP contribution in [0.4, 0.5) is 0 Å². The number of rotatable bonds is 4. The SMILES string of the molecule is CCn1ncnc1CNC(=O)c1ccc2[nH]c3c(c2c1)CC(C)CC3. The molecule has 0 saturated heterocycles. The first-order valence-electron chi connectivity index (χ1n) is 8.94. The van der Waals surface area contributed by atoms with Crippen LogP contribution < -0.4 is 5.32 Å². The molecule has 1 aromatic carbocycles. The van der Waals surface area contributed by atoms with Gasteiger partial charge in [-0.3, -0.25) is 4.79 Å².